The third-order valence-corrected chi connectivity index (χ3v) is 5.15. The second-order valence-electron chi connectivity index (χ2n) is 7.57. The maximum Gasteiger partial charge on any atom is 0.426 e. The highest BCUT2D eigenvalue weighted by atomic mass is 19.3. The molecule has 4 heteroatoms. The van der Waals surface area contributed by atoms with Crippen molar-refractivity contribution >= 4 is 0 Å². The average molecular weight is 418 g/mol. The fraction of sp³-hybridized carbons (Fsp3) is 0.111. The van der Waals surface area contributed by atoms with E-state index in [-0.39, 0.29) is 11.3 Å². The summed E-state index contributed by atoms with van der Waals surface area (Å²) in [5.41, 5.74) is 4.33. The Morgan fingerprint density at radius 1 is 0.613 bits per heavy atom. The third-order valence-electron chi connectivity index (χ3n) is 5.15. The van der Waals surface area contributed by atoms with E-state index >= 15 is 0 Å². The average Bonchev–Trinajstić information content (AvgIpc) is 2.76. The molecule has 0 amide bonds. The lowest BCUT2D eigenvalue weighted by atomic mass is 9.98. The van der Waals surface area contributed by atoms with Gasteiger partial charge in [0.15, 0.2) is 0 Å². The SMILES string of the molecule is Cc1ccc(OC(F)(F)c2ccc(-c3ccc(-c4ccc(C)cc4)cc3F)cc2)cc1. The molecule has 0 aliphatic heterocycles. The van der Waals surface area contributed by atoms with Crippen molar-refractivity contribution in [3.8, 4) is 28.0 Å². The summed E-state index contributed by atoms with van der Waals surface area (Å²) >= 11 is 0. The van der Waals surface area contributed by atoms with E-state index in [2.05, 4.69) is 0 Å². The highest BCUT2D eigenvalue weighted by Crippen LogP contribution is 2.34. The van der Waals surface area contributed by atoms with Crippen LogP contribution in [0.4, 0.5) is 13.2 Å². The van der Waals surface area contributed by atoms with Gasteiger partial charge in [0, 0.05) is 5.56 Å². The van der Waals surface area contributed by atoms with Gasteiger partial charge in [0.1, 0.15) is 11.6 Å². The van der Waals surface area contributed by atoms with Crippen LogP contribution >= 0.6 is 0 Å². The van der Waals surface area contributed by atoms with Gasteiger partial charge in [-0.25, -0.2) is 4.39 Å². The molecule has 0 aliphatic carbocycles. The first-order valence-corrected chi connectivity index (χ1v) is 9.93. The van der Waals surface area contributed by atoms with Crippen molar-refractivity contribution in [1.82, 2.24) is 0 Å². The summed E-state index contributed by atoms with van der Waals surface area (Å²) in [5.74, 6) is -0.328. The molecule has 0 N–H and O–H groups in total. The van der Waals surface area contributed by atoms with Crippen molar-refractivity contribution in [2.75, 3.05) is 0 Å². The van der Waals surface area contributed by atoms with Crippen LogP contribution < -0.4 is 4.74 Å². The number of hydrogen-bond donors (Lipinski definition) is 0. The van der Waals surface area contributed by atoms with E-state index in [4.69, 9.17) is 4.74 Å². The Labute approximate surface area is 179 Å². The van der Waals surface area contributed by atoms with Gasteiger partial charge in [-0.15, -0.1) is 0 Å². The Morgan fingerprint density at radius 3 is 1.71 bits per heavy atom. The maximum atomic E-state index is 14.8. The predicted molar refractivity (Wildman–Crippen MR) is 118 cm³/mol. The molecular weight excluding hydrogens is 397 g/mol. The third kappa shape index (κ3) is 4.64. The van der Waals surface area contributed by atoms with Gasteiger partial charge < -0.3 is 4.74 Å². The Bertz CT molecular complexity index is 1180. The summed E-state index contributed by atoms with van der Waals surface area (Å²) in [5, 5.41) is 0. The Kier molecular flexibility index (Phi) is 5.55. The van der Waals surface area contributed by atoms with E-state index in [0.717, 1.165) is 22.3 Å². The van der Waals surface area contributed by atoms with Crippen LogP contribution in [0.5, 0.6) is 5.75 Å². The first-order chi connectivity index (χ1) is 14.8. The van der Waals surface area contributed by atoms with Crippen LogP contribution in [0.2, 0.25) is 0 Å². The van der Waals surface area contributed by atoms with Crippen molar-refractivity contribution in [1.29, 1.82) is 0 Å². The Morgan fingerprint density at radius 2 is 1.13 bits per heavy atom. The first kappa shape index (κ1) is 20.7. The van der Waals surface area contributed by atoms with Crippen LogP contribution in [-0.4, -0.2) is 0 Å². The predicted octanol–water partition coefficient (Wildman–Crippen LogP) is 7.90. The molecule has 0 saturated carbocycles. The van der Waals surface area contributed by atoms with Crippen molar-refractivity contribution in [3.05, 3.63) is 114 Å². The van der Waals surface area contributed by atoms with Gasteiger partial charge in [-0.3, -0.25) is 0 Å². The number of ether oxygens (including phenoxy) is 1. The monoisotopic (exact) mass is 418 g/mol. The number of alkyl halides is 2. The van der Waals surface area contributed by atoms with Gasteiger partial charge in [0.25, 0.3) is 0 Å². The number of halogens is 3. The van der Waals surface area contributed by atoms with Crippen LogP contribution in [0.1, 0.15) is 16.7 Å². The highest BCUT2D eigenvalue weighted by Gasteiger charge is 2.34. The van der Waals surface area contributed by atoms with Crippen LogP contribution in [0.25, 0.3) is 22.3 Å². The first-order valence-electron chi connectivity index (χ1n) is 9.93. The van der Waals surface area contributed by atoms with Crippen molar-refractivity contribution in [2.45, 2.75) is 20.0 Å². The molecule has 0 saturated heterocycles. The maximum absolute atomic E-state index is 14.8. The molecule has 4 rings (SSSR count). The molecular formula is C27H21F3O. The minimum atomic E-state index is -3.50. The number of aryl methyl sites for hydroxylation is 2. The second kappa shape index (κ2) is 8.31. The minimum Gasteiger partial charge on any atom is -0.429 e. The zero-order valence-corrected chi connectivity index (χ0v) is 17.2. The molecule has 156 valence electrons. The Balaban J connectivity index is 1.56. The molecule has 31 heavy (non-hydrogen) atoms. The van der Waals surface area contributed by atoms with Crippen molar-refractivity contribution in [3.63, 3.8) is 0 Å². The molecule has 4 aromatic rings. The lowest BCUT2D eigenvalue weighted by molar-refractivity contribution is -0.185. The smallest absolute Gasteiger partial charge is 0.426 e. The molecule has 4 aromatic carbocycles. The van der Waals surface area contributed by atoms with Crippen LogP contribution in [0.3, 0.4) is 0 Å². The van der Waals surface area contributed by atoms with Crippen molar-refractivity contribution < 1.29 is 17.9 Å². The van der Waals surface area contributed by atoms with Crippen LogP contribution in [0, 0.1) is 19.7 Å². The standard InChI is InChI=1S/C27H21F3O/c1-18-3-7-20(8-4-18)22-11-16-25(26(28)17-22)21-9-12-23(13-10-21)27(29,30)31-24-14-5-19(2)6-15-24/h3-17H,1-2H3. The van der Waals surface area contributed by atoms with E-state index < -0.39 is 11.9 Å². The van der Waals surface area contributed by atoms with E-state index in [9.17, 15) is 13.2 Å². The van der Waals surface area contributed by atoms with Gasteiger partial charge in [-0.05, 0) is 60.9 Å². The Hall–Kier alpha value is -3.53. The lowest BCUT2D eigenvalue weighted by Crippen LogP contribution is -2.21. The van der Waals surface area contributed by atoms with Gasteiger partial charge >= 0.3 is 6.11 Å². The van der Waals surface area contributed by atoms with Gasteiger partial charge in [0.05, 0.1) is 5.56 Å². The van der Waals surface area contributed by atoms with Gasteiger partial charge in [0.2, 0.25) is 0 Å². The summed E-state index contributed by atoms with van der Waals surface area (Å²) in [6.07, 6.45) is -3.50. The molecule has 0 bridgehead atoms. The minimum absolute atomic E-state index is 0.0809. The number of benzene rings is 4. The molecule has 0 heterocycles. The molecule has 0 fully saturated rings. The summed E-state index contributed by atoms with van der Waals surface area (Å²) in [6.45, 7) is 3.86. The molecule has 0 aliphatic rings. The van der Waals surface area contributed by atoms with Crippen molar-refractivity contribution in [2.24, 2.45) is 0 Å². The van der Waals surface area contributed by atoms with E-state index in [0.29, 0.717) is 11.1 Å². The van der Waals surface area contributed by atoms with Gasteiger partial charge in [-0.2, -0.15) is 8.78 Å². The largest absolute Gasteiger partial charge is 0.429 e. The fourth-order valence-corrected chi connectivity index (χ4v) is 3.33. The second-order valence-corrected chi connectivity index (χ2v) is 7.57. The molecule has 0 radical (unpaired) electrons. The van der Waals surface area contributed by atoms with E-state index in [1.807, 2.05) is 44.2 Å². The summed E-state index contributed by atoms with van der Waals surface area (Å²) in [7, 11) is 0. The summed E-state index contributed by atoms with van der Waals surface area (Å²) in [4.78, 5) is 0. The molecule has 0 unspecified atom stereocenters. The molecule has 0 spiro atoms. The fourth-order valence-electron chi connectivity index (χ4n) is 3.33. The molecule has 0 atom stereocenters. The van der Waals surface area contributed by atoms with E-state index in [1.54, 1.807) is 18.2 Å². The quantitative estimate of drug-likeness (QED) is 0.320. The zero-order valence-electron chi connectivity index (χ0n) is 17.2. The summed E-state index contributed by atoms with van der Waals surface area (Å²) < 4.78 is 48.7. The molecule has 1 nitrogen and oxygen atoms in total. The summed E-state index contributed by atoms with van der Waals surface area (Å²) in [6, 6.07) is 24.7. The lowest BCUT2D eigenvalue weighted by Gasteiger charge is -2.19. The van der Waals surface area contributed by atoms with Crippen LogP contribution in [0.15, 0.2) is 91.0 Å². The number of rotatable bonds is 5. The van der Waals surface area contributed by atoms with Crippen LogP contribution in [-0.2, 0) is 6.11 Å². The highest BCUT2D eigenvalue weighted by molar-refractivity contribution is 5.71. The van der Waals surface area contributed by atoms with Gasteiger partial charge in [-0.1, -0.05) is 71.8 Å². The number of hydrogen-bond acceptors (Lipinski definition) is 1. The zero-order chi connectivity index (χ0) is 22.0. The topological polar surface area (TPSA) is 9.23 Å². The normalized spacial score (nSPS) is 11.4. The molecule has 0 aromatic heterocycles. The van der Waals surface area contributed by atoms with E-state index in [1.165, 1.54) is 42.5 Å².